The Balaban J connectivity index is 1.83. The Bertz CT molecular complexity index is 845. The van der Waals surface area contributed by atoms with Gasteiger partial charge in [-0.2, -0.15) is 0 Å². The quantitative estimate of drug-likeness (QED) is 0.878. The van der Waals surface area contributed by atoms with Crippen molar-refractivity contribution in [2.45, 2.75) is 20.4 Å². The zero-order valence-corrected chi connectivity index (χ0v) is 15.7. The Kier molecular flexibility index (Phi) is 6.19. The first-order valence-electron chi connectivity index (χ1n) is 9.08. The second kappa shape index (κ2) is 8.77. The molecular formula is C21H24FN3O2. The number of carbonyl (C=O) groups excluding carboxylic acids is 1. The van der Waals surface area contributed by atoms with Gasteiger partial charge in [-0.1, -0.05) is 18.2 Å². The molecule has 0 bridgehead atoms. The third-order valence-electron chi connectivity index (χ3n) is 4.46. The maximum atomic E-state index is 13.3. The van der Waals surface area contributed by atoms with Gasteiger partial charge in [0.25, 0.3) is 5.91 Å². The van der Waals surface area contributed by atoms with Crippen molar-refractivity contribution >= 4 is 17.8 Å². The van der Waals surface area contributed by atoms with Crippen molar-refractivity contribution in [2.75, 3.05) is 31.2 Å². The van der Waals surface area contributed by atoms with E-state index in [2.05, 4.69) is 10.2 Å². The molecule has 0 atom stereocenters. The number of pyridine rings is 1. The van der Waals surface area contributed by atoms with E-state index in [9.17, 15) is 9.18 Å². The summed E-state index contributed by atoms with van der Waals surface area (Å²) in [4.78, 5) is 19.7. The molecule has 1 aliphatic rings. The molecule has 1 aromatic heterocycles. The van der Waals surface area contributed by atoms with E-state index in [4.69, 9.17) is 9.72 Å². The fraction of sp³-hybridized carbons (Fsp3) is 0.333. The van der Waals surface area contributed by atoms with E-state index in [0.29, 0.717) is 30.0 Å². The number of halogens is 1. The van der Waals surface area contributed by atoms with Crippen molar-refractivity contribution < 1.29 is 13.9 Å². The molecule has 0 saturated carbocycles. The van der Waals surface area contributed by atoms with Crippen LogP contribution in [-0.4, -0.2) is 37.2 Å². The number of hydrogen-bond donors (Lipinski definition) is 1. The first kappa shape index (κ1) is 19.0. The van der Waals surface area contributed by atoms with Crippen molar-refractivity contribution in [3.63, 3.8) is 0 Å². The minimum Gasteiger partial charge on any atom is -0.378 e. The average Bonchev–Trinajstić information content (AvgIpc) is 2.67. The van der Waals surface area contributed by atoms with Crippen LogP contribution in [0.15, 0.2) is 36.4 Å². The molecule has 1 aromatic carbocycles. The summed E-state index contributed by atoms with van der Waals surface area (Å²) in [7, 11) is 0. The molecule has 0 unspecified atom stereocenters. The third kappa shape index (κ3) is 4.71. The highest BCUT2D eigenvalue weighted by atomic mass is 19.1. The molecule has 1 saturated heterocycles. The number of allylic oxidation sites excluding steroid dienone is 1. The summed E-state index contributed by atoms with van der Waals surface area (Å²) in [6, 6.07) is 8.15. The fourth-order valence-electron chi connectivity index (χ4n) is 3.13. The highest BCUT2D eigenvalue weighted by Crippen LogP contribution is 2.22. The molecule has 2 aromatic rings. The predicted octanol–water partition coefficient (Wildman–Crippen LogP) is 3.33. The summed E-state index contributed by atoms with van der Waals surface area (Å²) in [6.45, 7) is 6.99. The normalized spacial score (nSPS) is 14.6. The zero-order chi connectivity index (χ0) is 19.2. The highest BCUT2D eigenvalue weighted by Gasteiger charge is 2.19. The minimum atomic E-state index is -0.316. The second-order valence-electron chi connectivity index (χ2n) is 6.47. The van der Waals surface area contributed by atoms with E-state index in [1.165, 1.54) is 12.1 Å². The number of carbonyl (C=O) groups is 1. The summed E-state index contributed by atoms with van der Waals surface area (Å²) < 4.78 is 18.7. The van der Waals surface area contributed by atoms with E-state index in [-0.39, 0.29) is 18.3 Å². The van der Waals surface area contributed by atoms with Crippen LogP contribution in [0, 0.1) is 12.7 Å². The summed E-state index contributed by atoms with van der Waals surface area (Å²) in [5, 5.41) is 2.87. The minimum absolute atomic E-state index is 0.217. The number of aromatic nitrogens is 1. The number of amides is 1. The van der Waals surface area contributed by atoms with Crippen molar-refractivity contribution in [3.8, 4) is 0 Å². The van der Waals surface area contributed by atoms with Gasteiger partial charge in [0.1, 0.15) is 11.6 Å². The molecule has 3 rings (SSSR count). The number of anilines is 1. The molecule has 5 nitrogen and oxygen atoms in total. The lowest BCUT2D eigenvalue weighted by atomic mass is 10.1. The molecule has 1 N–H and O–H groups in total. The van der Waals surface area contributed by atoms with Gasteiger partial charge < -0.3 is 15.0 Å². The van der Waals surface area contributed by atoms with Crippen molar-refractivity contribution in [1.29, 1.82) is 0 Å². The van der Waals surface area contributed by atoms with Crippen LogP contribution in [0.3, 0.4) is 0 Å². The van der Waals surface area contributed by atoms with Gasteiger partial charge in [0.2, 0.25) is 0 Å². The summed E-state index contributed by atoms with van der Waals surface area (Å²) in [5.74, 6) is 0.320. The number of nitrogens with zero attached hydrogens (tertiary/aromatic N) is 2. The van der Waals surface area contributed by atoms with Crippen LogP contribution in [0.2, 0.25) is 0 Å². The second-order valence-corrected chi connectivity index (χ2v) is 6.47. The number of rotatable bonds is 5. The molecule has 1 fully saturated rings. The average molecular weight is 369 g/mol. The maximum absolute atomic E-state index is 13.3. The lowest BCUT2D eigenvalue weighted by molar-refractivity contribution is 0.0949. The molecule has 27 heavy (non-hydrogen) atoms. The maximum Gasteiger partial charge on any atom is 0.254 e. The Labute approximate surface area is 158 Å². The van der Waals surface area contributed by atoms with Crippen molar-refractivity contribution in [2.24, 2.45) is 0 Å². The lowest BCUT2D eigenvalue weighted by Gasteiger charge is -2.28. The first-order chi connectivity index (χ1) is 13.1. The number of morpholine rings is 1. The number of ether oxygens (including phenoxy) is 1. The molecule has 1 aliphatic heterocycles. The first-order valence-corrected chi connectivity index (χ1v) is 9.08. The van der Waals surface area contributed by atoms with Crippen LogP contribution in [0.5, 0.6) is 0 Å². The number of nitrogens with one attached hydrogen (secondary N) is 1. The van der Waals surface area contributed by atoms with Gasteiger partial charge in [-0.15, -0.1) is 0 Å². The highest BCUT2D eigenvalue weighted by molar-refractivity contribution is 5.98. The summed E-state index contributed by atoms with van der Waals surface area (Å²) in [6.07, 6.45) is 3.71. The standard InChI is InChI=1S/C21H24FN3O2/c1-3-5-18-20(21(26)23-14-16-6-4-7-17(22)13-16)15(2)12-19(24-18)25-8-10-27-11-9-25/h3-7,12-13H,8-11,14H2,1-2H3,(H,23,26). The predicted molar refractivity (Wildman–Crippen MR) is 104 cm³/mol. The van der Waals surface area contributed by atoms with Crippen molar-refractivity contribution in [1.82, 2.24) is 10.3 Å². The van der Waals surface area contributed by atoms with Crippen LogP contribution >= 0.6 is 0 Å². The largest absolute Gasteiger partial charge is 0.378 e. The summed E-state index contributed by atoms with van der Waals surface area (Å²) in [5.41, 5.74) is 2.75. The number of benzene rings is 1. The zero-order valence-electron chi connectivity index (χ0n) is 15.7. The molecule has 142 valence electrons. The van der Waals surface area contributed by atoms with Gasteiger partial charge in [-0.05, 0) is 49.2 Å². The van der Waals surface area contributed by atoms with E-state index in [1.807, 2.05) is 32.1 Å². The molecular weight excluding hydrogens is 345 g/mol. The van der Waals surface area contributed by atoms with Gasteiger partial charge in [-0.25, -0.2) is 9.37 Å². The molecule has 2 heterocycles. The molecule has 1 amide bonds. The van der Waals surface area contributed by atoms with E-state index in [0.717, 1.165) is 24.5 Å². The van der Waals surface area contributed by atoms with Gasteiger partial charge >= 0.3 is 0 Å². The van der Waals surface area contributed by atoms with Crippen LogP contribution in [0.25, 0.3) is 6.08 Å². The Morgan fingerprint density at radius 3 is 2.81 bits per heavy atom. The number of aryl methyl sites for hydroxylation is 1. The Morgan fingerprint density at radius 1 is 1.33 bits per heavy atom. The van der Waals surface area contributed by atoms with E-state index in [1.54, 1.807) is 12.1 Å². The lowest BCUT2D eigenvalue weighted by Crippen LogP contribution is -2.37. The van der Waals surface area contributed by atoms with Crippen LogP contribution in [0.1, 0.15) is 34.1 Å². The van der Waals surface area contributed by atoms with E-state index >= 15 is 0 Å². The van der Waals surface area contributed by atoms with Crippen LogP contribution < -0.4 is 10.2 Å². The number of hydrogen-bond acceptors (Lipinski definition) is 4. The third-order valence-corrected chi connectivity index (χ3v) is 4.46. The fourth-order valence-corrected chi connectivity index (χ4v) is 3.13. The molecule has 0 spiro atoms. The van der Waals surface area contributed by atoms with Crippen LogP contribution in [0.4, 0.5) is 10.2 Å². The van der Waals surface area contributed by atoms with Crippen LogP contribution in [-0.2, 0) is 11.3 Å². The smallest absolute Gasteiger partial charge is 0.254 e. The molecule has 0 aliphatic carbocycles. The Morgan fingerprint density at radius 2 is 2.11 bits per heavy atom. The SMILES string of the molecule is CC=Cc1nc(N2CCOCC2)cc(C)c1C(=O)NCc1cccc(F)c1. The van der Waals surface area contributed by atoms with E-state index < -0.39 is 0 Å². The van der Waals surface area contributed by atoms with Gasteiger partial charge in [-0.3, -0.25) is 4.79 Å². The van der Waals surface area contributed by atoms with Crippen molar-refractivity contribution in [3.05, 3.63) is 64.6 Å². The van der Waals surface area contributed by atoms with Gasteiger partial charge in [0.15, 0.2) is 0 Å². The monoisotopic (exact) mass is 369 g/mol. The topological polar surface area (TPSA) is 54.5 Å². The summed E-state index contributed by atoms with van der Waals surface area (Å²) >= 11 is 0. The Hall–Kier alpha value is -2.73. The molecule has 0 radical (unpaired) electrons. The van der Waals surface area contributed by atoms with Gasteiger partial charge in [0.05, 0.1) is 24.5 Å². The molecule has 6 heteroatoms. The van der Waals surface area contributed by atoms with Gasteiger partial charge in [0, 0.05) is 19.6 Å².